The second-order valence-electron chi connectivity index (χ2n) is 3.90. The standard InChI is InChI=1S/C11H15IN2O3S/c1-14(8-7-13-18(2,16)17)11(15)9-3-5-10(12)6-4-9/h3-6,13H,7-8H2,1-2H3. The van der Waals surface area contributed by atoms with Crippen molar-refractivity contribution in [3.63, 3.8) is 0 Å². The lowest BCUT2D eigenvalue weighted by molar-refractivity contribution is 0.0797. The van der Waals surface area contributed by atoms with E-state index in [0.717, 1.165) is 9.83 Å². The predicted molar refractivity (Wildman–Crippen MR) is 79.0 cm³/mol. The molecule has 0 radical (unpaired) electrons. The van der Waals surface area contributed by atoms with E-state index in [2.05, 4.69) is 27.3 Å². The summed E-state index contributed by atoms with van der Waals surface area (Å²) in [5.74, 6) is -0.123. The molecule has 100 valence electrons. The van der Waals surface area contributed by atoms with E-state index in [0.29, 0.717) is 12.1 Å². The molecule has 1 N–H and O–H groups in total. The van der Waals surface area contributed by atoms with E-state index in [1.807, 2.05) is 12.1 Å². The van der Waals surface area contributed by atoms with Gasteiger partial charge in [-0.3, -0.25) is 4.79 Å². The summed E-state index contributed by atoms with van der Waals surface area (Å²) in [6, 6.07) is 7.22. The van der Waals surface area contributed by atoms with Gasteiger partial charge in [0.05, 0.1) is 6.26 Å². The Morgan fingerprint density at radius 1 is 1.33 bits per heavy atom. The van der Waals surface area contributed by atoms with E-state index in [1.54, 1.807) is 19.2 Å². The van der Waals surface area contributed by atoms with E-state index >= 15 is 0 Å². The molecule has 0 heterocycles. The molecule has 18 heavy (non-hydrogen) atoms. The molecule has 1 aromatic carbocycles. The lowest BCUT2D eigenvalue weighted by atomic mass is 10.2. The largest absolute Gasteiger partial charge is 0.340 e. The molecule has 5 nitrogen and oxygen atoms in total. The molecule has 1 amide bonds. The minimum absolute atomic E-state index is 0.123. The smallest absolute Gasteiger partial charge is 0.253 e. The summed E-state index contributed by atoms with van der Waals surface area (Å²) in [5, 5.41) is 0. The molecule has 0 spiro atoms. The Morgan fingerprint density at radius 2 is 1.89 bits per heavy atom. The number of likely N-dealkylation sites (N-methyl/N-ethyl adjacent to an activating group) is 1. The lowest BCUT2D eigenvalue weighted by Crippen LogP contribution is -2.35. The van der Waals surface area contributed by atoms with E-state index in [9.17, 15) is 13.2 Å². The van der Waals surface area contributed by atoms with Crippen molar-refractivity contribution < 1.29 is 13.2 Å². The molecular weight excluding hydrogens is 367 g/mol. The summed E-state index contributed by atoms with van der Waals surface area (Å²) >= 11 is 2.17. The van der Waals surface area contributed by atoms with E-state index in [1.165, 1.54) is 4.90 Å². The van der Waals surface area contributed by atoms with Crippen molar-refractivity contribution in [3.05, 3.63) is 33.4 Å². The fourth-order valence-electron chi connectivity index (χ4n) is 1.31. The van der Waals surface area contributed by atoms with Crippen LogP contribution in [0.25, 0.3) is 0 Å². The van der Waals surface area contributed by atoms with Gasteiger partial charge in [-0.05, 0) is 46.9 Å². The predicted octanol–water partition coefficient (Wildman–Crippen LogP) is 0.912. The summed E-state index contributed by atoms with van der Waals surface area (Å²) in [6.07, 6.45) is 1.09. The monoisotopic (exact) mass is 382 g/mol. The van der Waals surface area contributed by atoms with Crippen molar-refractivity contribution in [1.29, 1.82) is 0 Å². The first kappa shape index (κ1) is 15.4. The van der Waals surface area contributed by atoms with Gasteiger partial charge in [-0.15, -0.1) is 0 Å². The number of nitrogens with zero attached hydrogens (tertiary/aromatic N) is 1. The SMILES string of the molecule is CN(CCNS(C)(=O)=O)C(=O)c1ccc(I)cc1. The number of nitrogens with one attached hydrogen (secondary N) is 1. The molecule has 0 fully saturated rings. The average Bonchev–Trinajstić information content (AvgIpc) is 2.27. The van der Waals surface area contributed by atoms with Crippen LogP contribution in [-0.2, 0) is 10.0 Å². The maximum Gasteiger partial charge on any atom is 0.253 e. The molecule has 0 bridgehead atoms. The van der Waals surface area contributed by atoms with Crippen LogP contribution in [0, 0.1) is 3.57 Å². The van der Waals surface area contributed by atoms with E-state index < -0.39 is 10.0 Å². The van der Waals surface area contributed by atoms with Crippen LogP contribution in [-0.4, -0.2) is 45.6 Å². The summed E-state index contributed by atoms with van der Waals surface area (Å²) in [6.45, 7) is 0.545. The van der Waals surface area contributed by atoms with Gasteiger partial charge < -0.3 is 4.90 Å². The molecule has 0 unspecified atom stereocenters. The van der Waals surface area contributed by atoms with Crippen molar-refractivity contribution in [2.24, 2.45) is 0 Å². The van der Waals surface area contributed by atoms with Crippen LogP contribution in [0.15, 0.2) is 24.3 Å². The second kappa shape index (κ2) is 6.48. The van der Waals surface area contributed by atoms with Crippen molar-refractivity contribution in [2.45, 2.75) is 0 Å². The molecule has 0 aliphatic rings. The number of hydrogen-bond donors (Lipinski definition) is 1. The number of hydrogen-bond acceptors (Lipinski definition) is 3. The number of sulfonamides is 1. The number of rotatable bonds is 5. The summed E-state index contributed by atoms with van der Waals surface area (Å²) < 4.78 is 25.2. The minimum Gasteiger partial charge on any atom is -0.340 e. The zero-order chi connectivity index (χ0) is 13.8. The Labute approximate surface area is 121 Å². The first-order valence-corrected chi connectivity index (χ1v) is 8.22. The summed E-state index contributed by atoms with van der Waals surface area (Å²) in [4.78, 5) is 13.4. The third kappa shape index (κ3) is 5.32. The fraction of sp³-hybridized carbons (Fsp3) is 0.364. The van der Waals surface area contributed by atoms with Gasteiger partial charge in [0.2, 0.25) is 10.0 Å². The Bertz CT molecular complexity index is 514. The Kier molecular flexibility index (Phi) is 5.54. The molecule has 0 aliphatic heterocycles. The highest BCUT2D eigenvalue weighted by Gasteiger charge is 2.11. The fourth-order valence-corrected chi connectivity index (χ4v) is 2.13. The van der Waals surface area contributed by atoms with E-state index in [4.69, 9.17) is 0 Å². The highest BCUT2D eigenvalue weighted by Crippen LogP contribution is 2.08. The molecule has 0 saturated heterocycles. The lowest BCUT2D eigenvalue weighted by Gasteiger charge is -2.17. The van der Waals surface area contributed by atoms with E-state index in [-0.39, 0.29) is 12.5 Å². The molecular formula is C11H15IN2O3S. The van der Waals surface area contributed by atoms with Gasteiger partial charge in [0.25, 0.3) is 5.91 Å². The van der Waals surface area contributed by atoms with Gasteiger partial charge in [0.15, 0.2) is 0 Å². The number of carbonyl (C=O) groups excluding carboxylic acids is 1. The number of halogens is 1. The minimum atomic E-state index is -3.20. The zero-order valence-corrected chi connectivity index (χ0v) is 13.2. The topological polar surface area (TPSA) is 66.5 Å². The average molecular weight is 382 g/mol. The van der Waals surface area contributed by atoms with Gasteiger partial charge in [-0.25, -0.2) is 13.1 Å². The van der Waals surface area contributed by atoms with Crippen LogP contribution in [0.5, 0.6) is 0 Å². The highest BCUT2D eigenvalue weighted by atomic mass is 127. The molecule has 0 aromatic heterocycles. The van der Waals surface area contributed by atoms with Crippen LogP contribution in [0.1, 0.15) is 10.4 Å². The highest BCUT2D eigenvalue weighted by molar-refractivity contribution is 14.1. The molecule has 0 atom stereocenters. The normalized spacial score (nSPS) is 11.3. The summed E-state index contributed by atoms with van der Waals surface area (Å²) in [5.41, 5.74) is 0.595. The molecule has 0 aliphatic carbocycles. The van der Waals surface area contributed by atoms with Crippen molar-refractivity contribution in [3.8, 4) is 0 Å². The third-order valence-electron chi connectivity index (χ3n) is 2.25. The Hall–Kier alpha value is -0.670. The van der Waals surface area contributed by atoms with Crippen LogP contribution in [0.3, 0.4) is 0 Å². The van der Waals surface area contributed by atoms with Gasteiger partial charge in [0.1, 0.15) is 0 Å². The Balaban J connectivity index is 2.54. The van der Waals surface area contributed by atoms with Crippen LogP contribution in [0.2, 0.25) is 0 Å². The van der Waals surface area contributed by atoms with Gasteiger partial charge >= 0.3 is 0 Å². The molecule has 1 aromatic rings. The van der Waals surface area contributed by atoms with Crippen LogP contribution < -0.4 is 4.72 Å². The first-order valence-electron chi connectivity index (χ1n) is 5.25. The molecule has 1 rings (SSSR count). The molecule has 7 heteroatoms. The van der Waals surface area contributed by atoms with Crippen LogP contribution in [0.4, 0.5) is 0 Å². The van der Waals surface area contributed by atoms with Gasteiger partial charge in [-0.2, -0.15) is 0 Å². The van der Waals surface area contributed by atoms with Crippen molar-refractivity contribution in [2.75, 3.05) is 26.4 Å². The second-order valence-corrected chi connectivity index (χ2v) is 6.98. The summed E-state index contributed by atoms with van der Waals surface area (Å²) in [7, 11) is -1.56. The van der Waals surface area contributed by atoms with Crippen LogP contribution >= 0.6 is 22.6 Å². The molecule has 0 saturated carbocycles. The van der Waals surface area contributed by atoms with Crippen molar-refractivity contribution in [1.82, 2.24) is 9.62 Å². The van der Waals surface area contributed by atoms with Crippen molar-refractivity contribution >= 4 is 38.5 Å². The number of benzene rings is 1. The first-order chi connectivity index (χ1) is 8.29. The number of carbonyl (C=O) groups is 1. The zero-order valence-electron chi connectivity index (χ0n) is 10.2. The van der Waals surface area contributed by atoms with Gasteiger partial charge in [0, 0.05) is 29.3 Å². The number of amides is 1. The quantitative estimate of drug-likeness (QED) is 0.771. The van der Waals surface area contributed by atoms with Gasteiger partial charge in [-0.1, -0.05) is 0 Å². The Morgan fingerprint density at radius 3 is 2.39 bits per heavy atom. The third-order valence-corrected chi connectivity index (χ3v) is 3.70. The maximum absolute atomic E-state index is 12.0. The maximum atomic E-state index is 12.0.